The molecule has 13 heavy (non-hydrogen) atoms. The van der Waals surface area contributed by atoms with E-state index in [1.54, 1.807) is 7.11 Å². The number of nitrogens with two attached hydrogens (primary N) is 1. The normalized spacial score (nSPS) is 15.4. The molecular weight excluding hydrogens is 162 g/mol. The molecule has 0 heterocycles. The van der Waals surface area contributed by atoms with E-state index >= 15 is 0 Å². The van der Waals surface area contributed by atoms with Gasteiger partial charge in [0.25, 0.3) is 0 Å². The number of rotatable bonds is 3. The fraction of sp³-hybridized carbons (Fsp3) is 0.455. The van der Waals surface area contributed by atoms with Crippen LogP contribution >= 0.6 is 0 Å². The lowest BCUT2D eigenvalue weighted by molar-refractivity contribution is 0.118. The molecule has 1 aromatic rings. The van der Waals surface area contributed by atoms with Gasteiger partial charge in [-0.25, -0.2) is 0 Å². The Morgan fingerprint density at radius 2 is 1.69 bits per heavy atom. The first kappa shape index (κ1) is 10.2. The van der Waals surface area contributed by atoms with Gasteiger partial charge in [-0.15, -0.1) is 0 Å². The van der Waals surface area contributed by atoms with Gasteiger partial charge in [0.15, 0.2) is 0 Å². The lowest BCUT2D eigenvalue weighted by Crippen LogP contribution is -2.10. The van der Waals surface area contributed by atoms with E-state index in [0.717, 1.165) is 5.56 Å². The minimum Gasteiger partial charge on any atom is -0.377 e. The Morgan fingerprint density at radius 1 is 1.15 bits per heavy atom. The summed E-state index contributed by atoms with van der Waals surface area (Å²) in [4.78, 5) is 0. The van der Waals surface area contributed by atoms with Gasteiger partial charge in [-0.2, -0.15) is 0 Å². The third kappa shape index (κ3) is 2.29. The molecule has 2 unspecified atom stereocenters. The topological polar surface area (TPSA) is 35.2 Å². The Hall–Kier alpha value is -0.860. The first-order chi connectivity index (χ1) is 6.16. The monoisotopic (exact) mass is 179 g/mol. The van der Waals surface area contributed by atoms with Crippen molar-refractivity contribution in [3.8, 4) is 0 Å². The van der Waals surface area contributed by atoms with E-state index in [9.17, 15) is 0 Å². The second-order valence-corrected chi connectivity index (χ2v) is 3.30. The van der Waals surface area contributed by atoms with Crippen molar-refractivity contribution in [1.82, 2.24) is 0 Å². The predicted molar refractivity (Wildman–Crippen MR) is 54.5 cm³/mol. The highest BCUT2D eigenvalue weighted by Crippen LogP contribution is 2.23. The van der Waals surface area contributed by atoms with Crippen LogP contribution in [-0.4, -0.2) is 7.11 Å². The molecule has 0 spiro atoms. The Balaban J connectivity index is 3.04. The molecule has 0 saturated carbocycles. The fourth-order valence-electron chi connectivity index (χ4n) is 1.42. The largest absolute Gasteiger partial charge is 0.377 e. The summed E-state index contributed by atoms with van der Waals surface area (Å²) in [5.74, 6) is 0. The summed E-state index contributed by atoms with van der Waals surface area (Å²) in [7, 11) is 1.71. The third-order valence-corrected chi connectivity index (χ3v) is 2.28. The number of ether oxygens (including phenoxy) is 1. The van der Waals surface area contributed by atoms with E-state index < -0.39 is 0 Å². The molecule has 2 N–H and O–H groups in total. The third-order valence-electron chi connectivity index (χ3n) is 2.28. The maximum Gasteiger partial charge on any atom is 0.0796 e. The van der Waals surface area contributed by atoms with E-state index in [2.05, 4.69) is 12.1 Å². The van der Waals surface area contributed by atoms with Gasteiger partial charge in [-0.3, -0.25) is 0 Å². The van der Waals surface area contributed by atoms with Crippen LogP contribution in [0.3, 0.4) is 0 Å². The van der Waals surface area contributed by atoms with Crippen LogP contribution in [-0.2, 0) is 4.74 Å². The molecule has 2 heteroatoms. The average Bonchev–Trinajstić information content (AvgIpc) is 2.16. The Morgan fingerprint density at radius 3 is 2.15 bits per heavy atom. The van der Waals surface area contributed by atoms with Crippen molar-refractivity contribution < 1.29 is 4.74 Å². The standard InChI is InChI=1S/C11H17NO/c1-8(12)10-6-4-5-7-11(10)9(2)13-3/h4-9H,12H2,1-3H3. The molecule has 0 radical (unpaired) electrons. The van der Waals surface area contributed by atoms with E-state index in [4.69, 9.17) is 10.5 Å². The summed E-state index contributed by atoms with van der Waals surface area (Å²) < 4.78 is 5.27. The van der Waals surface area contributed by atoms with Gasteiger partial charge < -0.3 is 10.5 Å². The van der Waals surface area contributed by atoms with Crippen molar-refractivity contribution in [3.05, 3.63) is 35.4 Å². The van der Waals surface area contributed by atoms with Crippen molar-refractivity contribution in [2.75, 3.05) is 7.11 Å². The predicted octanol–water partition coefficient (Wildman–Crippen LogP) is 2.41. The molecular formula is C11H17NO. The molecule has 2 nitrogen and oxygen atoms in total. The summed E-state index contributed by atoms with van der Waals surface area (Å²) in [5.41, 5.74) is 8.20. The van der Waals surface area contributed by atoms with E-state index in [1.807, 2.05) is 26.0 Å². The highest BCUT2D eigenvalue weighted by Gasteiger charge is 2.11. The second-order valence-electron chi connectivity index (χ2n) is 3.30. The molecule has 0 amide bonds. The zero-order valence-corrected chi connectivity index (χ0v) is 8.45. The molecule has 0 bridgehead atoms. The summed E-state index contributed by atoms with van der Waals surface area (Å²) >= 11 is 0. The zero-order valence-electron chi connectivity index (χ0n) is 8.45. The number of hydrogen-bond donors (Lipinski definition) is 1. The van der Waals surface area contributed by atoms with Gasteiger partial charge in [-0.05, 0) is 25.0 Å². The second kappa shape index (κ2) is 4.40. The molecule has 0 saturated heterocycles. The first-order valence-electron chi connectivity index (χ1n) is 4.54. The fourth-order valence-corrected chi connectivity index (χ4v) is 1.42. The Bertz CT molecular complexity index is 271. The van der Waals surface area contributed by atoms with E-state index in [1.165, 1.54) is 5.56 Å². The molecule has 0 aromatic heterocycles. The van der Waals surface area contributed by atoms with Gasteiger partial charge in [0, 0.05) is 13.2 Å². The molecule has 0 aliphatic rings. The summed E-state index contributed by atoms with van der Waals surface area (Å²) in [5, 5.41) is 0. The van der Waals surface area contributed by atoms with Gasteiger partial charge in [-0.1, -0.05) is 24.3 Å². The maximum atomic E-state index is 5.85. The van der Waals surface area contributed by atoms with Crippen LogP contribution in [0.5, 0.6) is 0 Å². The van der Waals surface area contributed by atoms with Crippen LogP contribution in [0.1, 0.15) is 37.1 Å². The summed E-state index contributed by atoms with van der Waals surface area (Å²) in [6.45, 7) is 4.02. The Kier molecular flexibility index (Phi) is 3.46. The van der Waals surface area contributed by atoms with Gasteiger partial charge in [0.05, 0.1) is 6.10 Å². The minimum atomic E-state index is 0.0637. The van der Waals surface area contributed by atoms with Crippen LogP contribution in [0.2, 0.25) is 0 Å². The highest BCUT2D eigenvalue weighted by atomic mass is 16.5. The number of benzene rings is 1. The summed E-state index contributed by atoms with van der Waals surface area (Å²) in [6, 6.07) is 8.19. The molecule has 0 fully saturated rings. The minimum absolute atomic E-state index is 0.0637. The number of methoxy groups -OCH3 is 1. The molecule has 72 valence electrons. The van der Waals surface area contributed by atoms with Crippen LogP contribution < -0.4 is 5.73 Å². The lowest BCUT2D eigenvalue weighted by atomic mass is 9.99. The average molecular weight is 179 g/mol. The highest BCUT2D eigenvalue weighted by molar-refractivity contribution is 5.31. The SMILES string of the molecule is COC(C)c1ccccc1C(C)N. The molecule has 1 rings (SSSR count). The zero-order chi connectivity index (χ0) is 9.84. The van der Waals surface area contributed by atoms with Crippen molar-refractivity contribution in [2.45, 2.75) is 26.0 Å². The van der Waals surface area contributed by atoms with Crippen molar-refractivity contribution in [2.24, 2.45) is 5.73 Å². The van der Waals surface area contributed by atoms with Crippen LogP contribution in [0.4, 0.5) is 0 Å². The van der Waals surface area contributed by atoms with E-state index in [0.29, 0.717) is 0 Å². The molecule has 2 atom stereocenters. The molecule has 0 aliphatic heterocycles. The molecule has 0 aliphatic carbocycles. The van der Waals surface area contributed by atoms with Gasteiger partial charge in [0.1, 0.15) is 0 Å². The van der Waals surface area contributed by atoms with Gasteiger partial charge >= 0.3 is 0 Å². The van der Waals surface area contributed by atoms with Crippen LogP contribution in [0, 0.1) is 0 Å². The number of hydrogen-bond acceptors (Lipinski definition) is 2. The maximum absolute atomic E-state index is 5.85. The van der Waals surface area contributed by atoms with Crippen molar-refractivity contribution in [1.29, 1.82) is 0 Å². The summed E-state index contributed by atoms with van der Waals surface area (Å²) in [6.07, 6.45) is 0.113. The van der Waals surface area contributed by atoms with Crippen molar-refractivity contribution in [3.63, 3.8) is 0 Å². The smallest absolute Gasteiger partial charge is 0.0796 e. The van der Waals surface area contributed by atoms with Gasteiger partial charge in [0.2, 0.25) is 0 Å². The van der Waals surface area contributed by atoms with Crippen molar-refractivity contribution >= 4 is 0 Å². The van der Waals surface area contributed by atoms with Crippen LogP contribution in [0.15, 0.2) is 24.3 Å². The first-order valence-corrected chi connectivity index (χ1v) is 4.54. The lowest BCUT2D eigenvalue weighted by Gasteiger charge is -2.17. The van der Waals surface area contributed by atoms with E-state index in [-0.39, 0.29) is 12.1 Å². The van der Waals surface area contributed by atoms with Crippen LogP contribution in [0.25, 0.3) is 0 Å². The quantitative estimate of drug-likeness (QED) is 0.773. The Labute approximate surface area is 79.7 Å². The molecule has 1 aromatic carbocycles.